The average molecular weight is 283 g/mol. The monoisotopic (exact) mass is 283 g/mol. The van der Waals surface area contributed by atoms with Crippen LogP contribution in [-0.4, -0.2) is 83.5 Å². The molecule has 2 saturated heterocycles. The second-order valence-electron chi connectivity index (χ2n) is 5.77. The number of carbonyl (C=O) groups is 2. The smallest absolute Gasteiger partial charge is 0.317 e. The van der Waals surface area contributed by atoms with Crippen LogP contribution in [0.4, 0.5) is 0 Å². The molecular weight excluding hydrogens is 258 g/mol. The van der Waals surface area contributed by atoms with Crippen molar-refractivity contribution in [3.63, 3.8) is 0 Å². The zero-order chi connectivity index (χ0) is 14.5. The van der Waals surface area contributed by atoms with E-state index in [1.165, 1.54) is 0 Å². The van der Waals surface area contributed by atoms with Gasteiger partial charge in [0.1, 0.15) is 0 Å². The van der Waals surface area contributed by atoms with Gasteiger partial charge in [0, 0.05) is 39.3 Å². The highest BCUT2D eigenvalue weighted by atomic mass is 16.4. The van der Waals surface area contributed by atoms with Gasteiger partial charge in [0.2, 0.25) is 5.91 Å². The van der Waals surface area contributed by atoms with Crippen LogP contribution in [0.5, 0.6) is 0 Å². The topological polar surface area (TPSA) is 64.1 Å². The maximum absolute atomic E-state index is 12.4. The lowest BCUT2D eigenvalue weighted by Crippen LogP contribution is -2.47. The summed E-state index contributed by atoms with van der Waals surface area (Å²) in [5.74, 6) is -0.547. The van der Waals surface area contributed by atoms with E-state index in [1.807, 2.05) is 16.7 Å². The molecule has 114 valence electrons. The van der Waals surface area contributed by atoms with Crippen molar-refractivity contribution in [2.75, 3.05) is 45.8 Å². The SMILES string of the molecule is CC(C(=O)N1CCCC1)N1CCCN(CC(=O)O)CC1. The summed E-state index contributed by atoms with van der Waals surface area (Å²) in [7, 11) is 0. The van der Waals surface area contributed by atoms with Gasteiger partial charge < -0.3 is 10.0 Å². The van der Waals surface area contributed by atoms with Crippen LogP contribution in [0, 0.1) is 0 Å². The van der Waals surface area contributed by atoms with E-state index in [-0.39, 0.29) is 18.5 Å². The number of aliphatic carboxylic acids is 1. The molecule has 2 fully saturated rings. The van der Waals surface area contributed by atoms with E-state index in [1.54, 1.807) is 0 Å². The fourth-order valence-electron chi connectivity index (χ4n) is 3.09. The van der Waals surface area contributed by atoms with E-state index >= 15 is 0 Å². The van der Waals surface area contributed by atoms with Crippen molar-refractivity contribution in [1.29, 1.82) is 0 Å². The molecular formula is C14H25N3O3. The largest absolute Gasteiger partial charge is 0.480 e. The van der Waals surface area contributed by atoms with Gasteiger partial charge in [-0.15, -0.1) is 0 Å². The molecule has 2 rings (SSSR count). The molecule has 20 heavy (non-hydrogen) atoms. The first-order chi connectivity index (χ1) is 9.58. The molecule has 2 heterocycles. The molecule has 6 heteroatoms. The van der Waals surface area contributed by atoms with E-state index in [0.29, 0.717) is 0 Å². The number of carboxylic acid groups (broad SMARTS) is 1. The highest BCUT2D eigenvalue weighted by Crippen LogP contribution is 2.14. The molecule has 0 bridgehead atoms. The van der Waals surface area contributed by atoms with Crippen LogP contribution in [0.15, 0.2) is 0 Å². The minimum Gasteiger partial charge on any atom is -0.480 e. The first kappa shape index (κ1) is 15.3. The summed E-state index contributed by atoms with van der Waals surface area (Å²) < 4.78 is 0. The second kappa shape index (κ2) is 7.04. The van der Waals surface area contributed by atoms with Crippen LogP contribution in [0.25, 0.3) is 0 Å². The molecule has 0 aromatic rings. The van der Waals surface area contributed by atoms with E-state index in [2.05, 4.69) is 4.90 Å². The number of hydrogen-bond acceptors (Lipinski definition) is 4. The van der Waals surface area contributed by atoms with Crippen LogP contribution >= 0.6 is 0 Å². The minimum absolute atomic E-state index is 0.0853. The zero-order valence-electron chi connectivity index (χ0n) is 12.3. The molecule has 0 aliphatic carbocycles. The van der Waals surface area contributed by atoms with Crippen molar-refractivity contribution in [1.82, 2.24) is 14.7 Å². The Morgan fingerprint density at radius 1 is 1.00 bits per heavy atom. The van der Waals surface area contributed by atoms with E-state index < -0.39 is 5.97 Å². The van der Waals surface area contributed by atoms with Crippen LogP contribution in [0.1, 0.15) is 26.2 Å². The zero-order valence-corrected chi connectivity index (χ0v) is 12.3. The van der Waals surface area contributed by atoms with Crippen LogP contribution in [0.3, 0.4) is 0 Å². The van der Waals surface area contributed by atoms with E-state index in [4.69, 9.17) is 5.11 Å². The fourth-order valence-corrected chi connectivity index (χ4v) is 3.09. The third kappa shape index (κ3) is 3.93. The number of amides is 1. The molecule has 1 unspecified atom stereocenters. The van der Waals surface area contributed by atoms with Gasteiger partial charge in [0.05, 0.1) is 12.6 Å². The first-order valence-corrected chi connectivity index (χ1v) is 7.55. The van der Waals surface area contributed by atoms with Gasteiger partial charge in [0.15, 0.2) is 0 Å². The summed E-state index contributed by atoms with van der Waals surface area (Å²) in [6, 6.07) is -0.0853. The number of likely N-dealkylation sites (tertiary alicyclic amines) is 1. The Bertz CT molecular complexity index is 356. The molecule has 0 spiro atoms. The Hall–Kier alpha value is -1.14. The van der Waals surface area contributed by atoms with Gasteiger partial charge in [-0.3, -0.25) is 19.4 Å². The number of carbonyl (C=O) groups excluding carboxylic acids is 1. The summed E-state index contributed by atoms with van der Waals surface area (Å²) >= 11 is 0. The summed E-state index contributed by atoms with van der Waals surface area (Å²) in [5.41, 5.74) is 0. The Morgan fingerprint density at radius 3 is 2.35 bits per heavy atom. The molecule has 0 radical (unpaired) electrons. The van der Waals surface area contributed by atoms with Crippen LogP contribution < -0.4 is 0 Å². The molecule has 1 atom stereocenters. The van der Waals surface area contributed by atoms with Gasteiger partial charge in [-0.25, -0.2) is 0 Å². The number of hydrogen-bond donors (Lipinski definition) is 1. The summed E-state index contributed by atoms with van der Waals surface area (Å²) in [6.07, 6.45) is 3.15. The summed E-state index contributed by atoms with van der Waals surface area (Å²) in [4.78, 5) is 29.3. The summed E-state index contributed by atoms with van der Waals surface area (Å²) in [6.45, 7) is 7.03. The molecule has 0 saturated carbocycles. The predicted octanol–water partition coefficient (Wildman–Crippen LogP) is 0.0896. The maximum atomic E-state index is 12.4. The number of rotatable bonds is 4. The fraction of sp³-hybridized carbons (Fsp3) is 0.857. The third-order valence-corrected chi connectivity index (χ3v) is 4.30. The van der Waals surface area contributed by atoms with Crippen LogP contribution in [0.2, 0.25) is 0 Å². The first-order valence-electron chi connectivity index (χ1n) is 7.55. The number of carboxylic acids is 1. The summed E-state index contributed by atoms with van der Waals surface area (Å²) in [5, 5.41) is 8.85. The lowest BCUT2D eigenvalue weighted by molar-refractivity contribution is -0.138. The van der Waals surface area contributed by atoms with Crippen molar-refractivity contribution < 1.29 is 14.7 Å². The quantitative estimate of drug-likeness (QED) is 0.792. The second-order valence-corrected chi connectivity index (χ2v) is 5.77. The molecule has 2 aliphatic heterocycles. The highest BCUT2D eigenvalue weighted by Gasteiger charge is 2.29. The van der Waals surface area contributed by atoms with E-state index in [9.17, 15) is 9.59 Å². The number of nitrogens with zero attached hydrogens (tertiary/aromatic N) is 3. The Labute approximate surface area is 120 Å². The normalized spacial score (nSPS) is 23.6. The van der Waals surface area contributed by atoms with Gasteiger partial charge in [-0.2, -0.15) is 0 Å². The minimum atomic E-state index is -0.778. The molecule has 2 aliphatic rings. The Balaban J connectivity index is 1.85. The maximum Gasteiger partial charge on any atom is 0.317 e. The molecule has 6 nitrogen and oxygen atoms in total. The lowest BCUT2D eigenvalue weighted by atomic mass is 10.2. The molecule has 1 N–H and O–H groups in total. The van der Waals surface area contributed by atoms with Crippen molar-refractivity contribution in [3.05, 3.63) is 0 Å². The Morgan fingerprint density at radius 2 is 1.70 bits per heavy atom. The third-order valence-electron chi connectivity index (χ3n) is 4.30. The van der Waals surface area contributed by atoms with Gasteiger partial charge in [-0.05, 0) is 26.2 Å². The van der Waals surface area contributed by atoms with Gasteiger partial charge in [-0.1, -0.05) is 0 Å². The van der Waals surface area contributed by atoms with Crippen molar-refractivity contribution in [2.24, 2.45) is 0 Å². The Kier molecular flexibility index (Phi) is 5.37. The van der Waals surface area contributed by atoms with Crippen LogP contribution in [-0.2, 0) is 9.59 Å². The van der Waals surface area contributed by atoms with Crippen molar-refractivity contribution in [3.8, 4) is 0 Å². The highest BCUT2D eigenvalue weighted by molar-refractivity contribution is 5.81. The molecule has 1 amide bonds. The standard InChI is InChI=1S/C14H25N3O3/c1-12(14(20)17-6-2-3-7-17)16-8-4-5-15(9-10-16)11-13(18)19/h12H,2-11H2,1H3,(H,18,19). The predicted molar refractivity (Wildman–Crippen MR) is 75.5 cm³/mol. The lowest BCUT2D eigenvalue weighted by Gasteiger charge is -2.30. The van der Waals surface area contributed by atoms with Crippen molar-refractivity contribution in [2.45, 2.75) is 32.2 Å². The molecule has 0 aromatic heterocycles. The average Bonchev–Trinajstić information content (AvgIpc) is 2.85. The van der Waals surface area contributed by atoms with Gasteiger partial charge in [0.25, 0.3) is 0 Å². The van der Waals surface area contributed by atoms with Crippen molar-refractivity contribution >= 4 is 11.9 Å². The van der Waals surface area contributed by atoms with E-state index in [0.717, 1.165) is 58.5 Å². The van der Waals surface area contributed by atoms with Gasteiger partial charge >= 0.3 is 5.97 Å². The molecule has 0 aromatic carbocycles.